The molecule has 0 unspecified atom stereocenters. The Morgan fingerprint density at radius 3 is 1.34 bits per heavy atom. The van der Waals surface area contributed by atoms with E-state index < -0.39 is 6.10 Å². The fourth-order valence-electron chi connectivity index (χ4n) is 5.76. The van der Waals surface area contributed by atoms with Gasteiger partial charge in [0.2, 0.25) is 11.5 Å². The summed E-state index contributed by atoms with van der Waals surface area (Å²) in [6.45, 7) is 4.56. The van der Waals surface area contributed by atoms with Crippen molar-refractivity contribution in [1.82, 2.24) is 0 Å². The fraction of sp³-hybridized carbons (Fsp3) is 0.868. The third-order valence-corrected chi connectivity index (χ3v) is 8.68. The van der Waals surface area contributed by atoms with Crippen LogP contribution in [0.25, 0.3) is 0 Å². The lowest BCUT2D eigenvalue weighted by molar-refractivity contribution is -0.149. The Labute approximate surface area is 270 Å². The normalized spacial score (nSPS) is 14.7. The van der Waals surface area contributed by atoms with E-state index in [2.05, 4.69) is 13.8 Å². The number of hydrogen-bond acceptors (Lipinski definition) is 6. The van der Waals surface area contributed by atoms with Crippen LogP contribution in [0, 0.1) is 0 Å². The Morgan fingerprint density at radius 1 is 0.591 bits per heavy atom. The molecule has 0 radical (unpaired) electrons. The van der Waals surface area contributed by atoms with E-state index in [1.807, 2.05) is 0 Å². The minimum absolute atomic E-state index is 0.0414. The van der Waals surface area contributed by atoms with E-state index in [1.165, 1.54) is 135 Å². The molecule has 1 aliphatic rings. The van der Waals surface area contributed by atoms with E-state index in [-0.39, 0.29) is 36.5 Å². The lowest BCUT2D eigenvalue weighted by atomic mass is 10.0. The van der Waals surface area contributed by atoms with Gasteiger partial charge in [-0.05, 0) is 12.8 Å². The van der Waals surface area contributed by atoms with Crippen molar-refractivity contribution in [3.63, 3.8) is 0 Å². The van der Waals surface area contributed by atoms with Gasteiger partial charge in [-0.25, -0.2) is 0 Å². The number of carbonyl (C=O) groups is 3. The molecule has 0 aliphatic carbocycles. The number of hydrogen-bond donors (Lipinski definition) is 0. The third kappa shape index (κ3) is 24.5. The van der Waals surface area contributed by atoms with E-state index >= 15 is 0 Å². The number of rotatable bonds is 31. The Kier molecular flexibility index (Phi) is 27.2. The molecule has 0 N–H and O–H groups in total. The van der Waals surface area contributed by atoms with Crippen LogP contribution in [0.1, 0.15) is 200 Å². The zero-order chi connectivity index (χ0) is 31.9. The molecule has 1 rings (SSSR count). The lowest BCUT2D eigenvalue weighted by Crippen LogP contribution is -2.29. The quantitative estimate of drug-likeness (QED) is 0.0566. The van der Waals surface area contributed by atoms with Crippen molar-refractivity contribution in [1.29, 1.82) is 0 Å². The minimum Gasteiger partial charge on any atom is -0.490 e. The molecule has 0 saturated carbocycles. The number of carbonyl (C=O) groups excluding carboxylic acids is 3. The number of ether oxygens (including phenoxy) is 3. The highest BCUT2D eigenvalue weighted by atomic mass is 16.6. The van der Waals surface area contributed by atoms with Crippen LogP contribution >= 0.6 is 0 Å². The second kappa shape index (κ2) is 29.8. The van der Waals surface area contributed by atoms with Crippen molar-refractivity contribution in [2.75, 3.05) is 6.61 Å². The molecule has 0 saturated heterocycles. The van der Waals surface area contributed by atoms with Gasteiger partial charge in [-0.15, -0.1) is 0 Å². The average Bonchev–Trinajstić information content (AvgIpc) is 3.02. The van der Waals surface area contributed by atoms with Crippen LogP contribution in [0.2, 0.25) is 0 Å². The topological polar surface area (TPSA) is 78.9 Å². The highest BCUT2D eigenvalue weighted by Crippen LogP contribution is 2.19. The minimum atomic E-state index is -0.526. The van der Waals surface area contributed by atoms with Gasteiger partial charge in [-0.2, -0.15) is 0 Å². The number of Topliss-reactive ketones (excluding diaryl/α,β-unsaturated/α-hetero) is 1. The van der Waals surface area contributed by atoms with Gasteiger partial charge < -0.3 is 14.2 Å². The van der Waals surface area contributed by atoms with E-state index in [0.717, 1.165) is 38.5 Å². The van der Waals surface area contributed by atoms with Gasteiger partial charge in [0.25, 0.3) is 0 Å². The molecule has 6 heteroatoms. The Hall–Kier alpha value is -1.85. The van der Waals surface area contributed by atoms with Gasteiger partial charge in [0.05, 0.1) is 6.42 Å². The van der Waals surface area contributed by atoms with Gasteiger partial charge in [0.1, 0.15) is 19.0 Å². The SMILES string of the molecule is CCCCCCCCCCCCCCCC(=O)OC[C@@H]1CC(=O)C(OC(=O)CCCCCCCCCCCCCCC)=CO1. The fourth-order valence-corrected chi connectivity index (χ4v) is 5.76. The Balaban J connectivity index is 1.97. The molecule has 256 valence electrons. The maximum atomic E-state index is 12.4. The molecular formula is C38H68O6. The van der Waals surface area contributed by atoms with Crippen LogP contribution in [-0.4, -0.2) is 30.4 Å². The van der Waals surface area contributed by atoms with Crippen molar-refractivity contribution in [3.05, 3.63) is 12.0 Å². The molecule has 0 aromatic heterocycles. The number of ketones is 1. The zero-order valence-electron chi connectivity index (χ0n) is 28.8. The number of allylic oxidation sites excluding steroid dienone is 1. The molecule has 6 nitrogen and oxygen atoms in total. The summed E-state index contributed by atoms with van der Waals surface area (Å²) in [4.78, 5) is 36.7. The summed E-state index contributed by atoms with van der Waals surface area (Å²) in [5.74, 6) is -0.964. The molecule has 1 heterocycles. The van der Waals surface area contributed by atoms with E-state index in [9.17, 15) is 14.4 Å². The molecule has 44 heavy (non-hydrogen) atoms. The maximum Gasteiger partial charge on any atom is 0.311 e. The molecule has 1 atom stereocenters. The highest BCUT2D eigenvalue weighted by molar-refractivity contribution is 5.96. The second-order valence-electron chi connectivity index (χ2n) is 13.0. The summed E-state index contributed by atoms with van der Waals surface area (Å²) >= 11 is 0. The van der Waals surface area contributed by atoms with Crippen LogP contribution in [0.15, 0.2) is 12.0 Å². The lowest BCUT2D eigenvalue weighted by Gasteiger charge is -2.21. The average molecular weight is 621 g/mol. The smallest absolute Gasteiger partial charge is 0.311 e. The highest BCUT2D eigenvalue weighted by Gasteiger charge is 2.27. The Morgan fingerprint density at radius 2 is 0.955 bits per heavy atom. The molecule has 0 bridgehead atoms. The summed E-state index contributed by atoms with van der Waals surface area (Å²) in [5.41, 5.74) is 0. The van der Waals surface area contributed by atoms with Crippen molar-refractivity contribution in [2.24, 2.45) is 0 Å². The summed E-state index contributed by atoms with van der Waals surface area (Å²) in [6.07, 6.45) is 34.1. The molecule has 1 aliphatic heterocycles. The van der Waals surface area contributed by atoms with Crippen LogP contribution in [-0.2, 0) is 28.6 Å². The van der Waals surface area contributed by atoms with Crippen LogP contribution < -0.4 is 0 Å². The summed E-state index contributed by atoms with van der Waals surface area (Å²) < 4.78 is 16.1. The largest absolute Gasteiger partial charge is 0.490 e. The zero-order valence-corrected chi connectivity index (χ0v) is 28.8. The van der Waals surface area contributed by atoms with Crippen molar-refractivity contribution < 1.29 is 28.6 Å². The molecular weight excluding hydrogens is 552 g/mol. The van der Waals surface area contributed by atoms with Crippen LogP contribution in [0.4, 0.5) is 0 Å². The van der Waals surface area contributed by atoms with Gasteiger partial charge in [-0.3, -0.25) is 14.4 Å². The summed E-state index contributed by atoms with van der Waals surface area (Å²) in [7, 11) is 0. The molecule has 0 spiro atoms. The van der Waals surface area contributed by atoms with Gasteiger partial charge in [0.15, 0.2) is 0 Å². The first-order valence-electron chi connectivity index (χ1n) is 18.8. The number of unbranched alkanes of at least 4 members (excludes halogenated alkanes) is 24. The third-order valence-electron chi connectivity index (χ3n) is 8.68. The standard InChI is InChI=1S/C38H68O6/c1-3-5-7-9-11-13-15-17-19-21-23-25-27-29-37(40)43-32-34-31-35(39)36(33-42-34)44-38(41)30-28-26-24-22-20-18-16-14-12-10-8-6-4-2/h33-34H,3-32H2,1-2H3/t34-/m0/s1. The molecule has 0 aromatic carbocycles. The summed E-state index contributed by atoms with van der Waals surface area (Å²) in [6, 6.07) is 0. The second-order valence-corrected chi connectivity index (χ2v) is 13.0. The first-order chi connectivity index (χ1) is 21.6. The molecule has 0 amide bonds. The van der Waals surface area contributed by atoms with E-state index in [4.69, 9.17) is 14.2 Å². The Bertz CT molecular complexity index is 746. The van der Waals surface area contributed by atoms with Gasteiger partial charge >= 0.3 is 11.9 Å². The monoisotopic (exact) mass is 621 g/mol. The number of esters is 2. The van der Waals surface area contributed by atoms with Crippen molar-refractivity contribution >= 4 is 17.7 Å². The first kappa shape index (κ1) is 40.2. The molecule has 0 fully saturated rings. The van der Waals surface area contributed by atoms with Crippen LogP contribution in [0.5, 0.6) is 0 Å². The molecule has 0 aromatic rings. The predicted octanol–water partition coefficient (Wildman–Crippen LogP) is 11.2. The maximum absolute atomic E-state index is 12.4. The predicted molar refractivity (Wildman–Crippen MR) is 180 cm³/mol. The summed E-state index contributed by atoms with van der Waals surface area (Å²) in [5, 5.41) is 0. The van der Waals surface area contributed by atoms with Gasteiger partial charge in [0, 0.05) is 12.8 Å². The van der Waals surface area contributed by atoms with Crippen molar-refractivity contribution in [2.45, 2.75) is 206 Å². The van der Waals surface area contributed by atoms with Gasteiger partial charge in [-0.1, -0.05) is 168 Å². The first-order valence-corrected chi connectivity index (χ1v) is 18.8. The van der Waals surface area contributed by atoms with E-state index in [1.54, 1.807) is 0 Å². The van der Waals surface area contributed by atoms with Crippen molar-refractivity contribution in [3.8, 4) is 0 Å². The van der Waals surface area contributed by atoms with E-state index in [0.29, 0.717) is 12.8 Å². The van der Waals surface area contributed by atoms with Crippen LogP contribution in [0.3, 0.4) is 0 Å².